The molecule has 1 aromatic heterocycles. The minimum Gasteiger partial charge on any atom is -0.327 e. The molecule has 0 radical (unpaired) electrons. The van der Waals surface area contributed by atoms with E-state index in [9.17, 15) is 4.39 Å². The van der Waals surface area contributed by atoms with E-state index in [1.165, 1.54) is 6.07 Å². The molecule has 98 valence electrons. The van der Waals surface area contributed by atoms with E-state index in [2.05, 4.69) is 18.8 Å². The Morgan fingerprint density at radius 2 is 2.11 bits per heavy atom. The maximum absolute atomic E-state index is 13.7. The predicted octanol–water partition coefficient (Wildman–Crippen LogP) is 3.24. The monoisotopic (exact) mass is 249 g/mol. The Balaban J connectivity index is 2.53. The highest BCUT2D eigenvalue weighted by Gasteiger charge is 2.18. The van der Waals surface area contributed by atoms with Crippen molar-refractivity contribution >= 4 is 11.0 Å². The summed E-state index contributed by atoms with van der Waals surface area (Å²) in [6, 6.07) is 4.90. The molecule has 0 aliphatic heterocycles. The van der Waals surface area contributed by atoms with Crippen molar-refractivity contribution in [2.75, 3.05) is 0 Å². The molecule has 0 fully saturated rings. The van der Waals surface area contributed by atoms with Gasteiger partial charge in [0.1, 0.15) is 11.3 Å². The van der Waals surface area contributed by atoms with E-state index in [0.717, 1.165) is 24.3 Å². The van der Waals surface area contributed by atoms with Gasteiger partial charge in [-0.1, -0.05) is 19.9 Å². The number of hydrogen-bond acceptors (Lipinski definition) is 2. The number of fused-ring (bicyclic) bond motifs is 1. The van der Waals surface area contributed by atoms with Gasteiger partial charge in [0.2, 0.25) is 0 Å². The first-order valence-electron chi connectivity index (χ1n) is 6.44. The number of rotatable bonds is 4. The van der Waals surface area contributed by atoms with Crippen LogP contribution in [-0.4, -0.2) is 9.55 Å². The second-order valence-electron chi connectivity index (χ2n) is 5.06. The van der Waals surface area contributed by atoms with E-state index < -0.39 is 0 Å². The number of nitrogens with zero attached hydrogens (tertiary/aromatic N) is 2. The van der Waals surface area contributed by atoms with Crippen LogP contribution in [0.2, 0.25) is 0 Å². The standard InChI is InChI=1S/C14H20FN3/c1-4-18-12-7-5-6-10(15)13(12)17-14(18)11(16)8-9(2)3/h5-7,9,11H,4,8,16H2,1-3H3. The summed E-state index contributed by atoms with van der Waals surface area (Å²) in [6.07, 6.45) is 0.852. The molecule has 0 bridgehead atoms. The molecule has 2 aromatic rings. The molecule has 2 rings (SSSR count). The van der Waals surface area contributed by atoms with Crippen LogP contribution in [-0.2, 0) is 6.54 Å². The average molecular weight is 249 g/mol. The smallest absolute Gasteiger partial charge is 0.151 e. The van der Waals surface area contributed by atoms with Crippen LogP contribution in [0, 0.1) is 11.7 Å². The third kappa shape index (κ3) is 2.25. The minimum atomic E-state index is -0.280. The molecule has 2 N–H and O–H groups in total. The van der Waals surface area contributed by atoms with Crippen LogP contribution in [0.25, 0.3) is 11.0 Å². The summed E-state index contributed by atoms with van der Waals surface area (Å²) in [5.41, 5.74) is 7.43. The molecule has 1 atom stereocenters. The predicted molar refractivity (Wildman–Crippen MR) is 71.7 cm³/mol. The van der Waals surface area contributed by atoms with Crippen molar-refractivity contribution in [1.29, 1.82) is 0 Å². The lowest BCUT2D eigenvalue weighted by Gasteiger charge is -2.15. The van der Waals surface area contributed by atoms with Crippen molar-refractivity contribution in [3.05, 3.63) is 29.8 Å². The fourth-order valence-corrected chi connectivity index (χ4v) is 2.36. The van der Waals surface area contributed by atoms with E-state index in [-0.39, 0.29) is 11.9 Å². The SMILES string of the molecule is CCn1c(C(N)CC(C)C)nc2c(F)cccc21. The molecule has 4 heteroatoms. The summed E-state index contributed by atoms with van der Waals surface area (Å²) >= 11 is 0. The second kappa shape index (κ2) is 5.06. The van der Waals surface area contributed by atoms with Gasteiger partial charge in [0, 0.05) is 6.54 Å². The van der Waals surface area contributed by atoms with E-state index in [0.29, 0.717) is 11.4 Å². The number of hydrogen-bond donors (Lipinski definition) is 1. The van der Waals surface area contributed by atoms with Crippen molar-refractivity contribution in [2.24, 2.45) is 11.7 Å². The number of aryl methyl sites for hydroxylation is 1. The molecular formula is C14H20FN3. The molecule has 18 heavy (non-hydrogen) atoms. The van der Waals surface area contributed by atoms with Gasteiger partial charge in [0.05, 0.1) is 11.6 Å². The summed E-state index contributed by atoms with van der Waals surface area (Å²) in [7, 11) is 0. The number of aromatic nitrogens is 2. The van der Waals surface area contributed by atoms with Crippen molar-refractivity contribution in [3.63, 3.8) is 0 Å². The molecule has 0 aliphatic rings. The lowest BCUT2D eigenvalue weighted by molar-refractivity contribution is 0.479. The number of nitrogens with two attached hydrogens (primary N) is 1. The lowest BCUT2D eigenvalue weighted by atomic mass is 10.0. The molecule has 0 amide bonds. The maximum atomic E-state index is 13.7. The number of benzene rings is 1. The summed E-state index contributed by atoms with van der Waals surface area (Å²) in [6.45, 7) is 7.03. The first-order valence-corrected chi connectivity index (χ1v) is 6.44. The zero-order valence-electron chi connectivity index (χ0n) is 11.2. The third-order valence-corrected chi connectivity index (χ3v) is 3.13. The molecule has 1 heterocycles. The molecule has 0 saturated heterocycles. The van der Waals surface area contributed by atoms with Gasteiger partial charge in [-0.3, -0.25) is 0 Å². The number of imidazole rings is 1. The maximum Gasteiger partial charge on any atom is 0.151 e. The van der Waals surface area contributed by atoms with Gasteiger partial charge < -0.3 is 10.3 Å². The quantitative estimate of drug-likeness (QED) is 0.904. The summed E-state index contributed by atoms with van der Waals surface area (Å²) in [5, 5.41) is 0. The van der Waals surface area contributed by atoms with E-state index in [4.69, 9.17) is 5.73 Å². The van der Waals surface area contributed by atoms with Crippen LogP contribution in [0.4, 0.5) is 4.39 Å². The van der Waals surface area contributed by atoms with Gasteiger partial charge in [-0.05, 0) is 31.4 Å². The van der Waals surface area contributed by atoms with Crippen LogP contribution in [0.15, 0.2) is 18.2 Å². The Morgan fingerprint density at radius 1 is 1.39 bits per heavy atom. The molecule has 1 unspecified atom stereocenters. The lowest BCUT2D eigenvalue weighted by Crippen LogP contribution is -2.18. The van der Waals surface area contributed by atoms with Crippen molar-refractivity contribution in [2.45, 2.75) is 39.8 Å². The first-order chi connectivity index (χ1) is 8.54. The Kier molecular flexibility index (Phi) is 3.66. The third-order valence-electron chi connectivity index (χ3n) is 3.13. The highest BCUT2D eigenvalue weighted by molar-refractivity contribution is 5.76. The zero-order chi connectivity index (χ0) is 13.3. The van der Waals surface area contributed by atoms with Crippen LogP contribution >= 0.6 is 0 Å². The van der Waals surface area contributed by atoms with Gasteiger partial charge in [-0.2, -0.15) is 0 Å². The Morgan fingerprint density at radius 3 is 2.72 bits per heavy atom. The van der Waals surface area contributed by atoms with Crippen LogP contribution in [0.1, 0.15) is 39.1 Å². The van der Waals surface area contributed by atoms with Crippen LogP contribution in [0.5, 0.6) is 0 Å². The second-order valence-corrected chi connectivity index (χ2v) is 5.06. The van der Waals surface area contributed by atoms with Crippen molar-refractivity contribution in [1.82, 2.24) is 9.55 Å². The van der Waals surface area contributed by atoms with Gasteiger partial charge in [-0.15, -0.1) is 0 Å². The van der Waals surface area contributed by atoms with Gasteiger partial charge in [0.25, 0.3) is 0 Å². The fraction of sp³-hybridized carbons (Fsp3) is 0.500. The molecular weight excluding hydrogens is 229 g/mol. The van der Waals surface area contributed by atoms with Crippen LogP contribution in [0.3, 0.4) is 0 Å². The normalized spacial score (nSPS) is 13.4. The summed E-state index contributed by atoms with van der Waals surface area (Å²) < 4.78 is 15.7. The Labute approximate surface area is 107 Å². The van der Waals surface area contributed by atoms with E-state index in [1.54, 1.807) is 6.07 Å². The molecule has 1 aromatic carbocycles. The average Bonchev–Trinajstić information content (AvgIpc) is 2.68. The first kappa shape index (κ1) is 13.0. The van der Waals surface area contributed by atoms with Crippen molar-refractivity contribution < 1.29 is 4.39 Å². The highest BCUT2D eigenvalue weighted by Crippen LogP contribution is 2.25. The minimum absolute atomic E-state index is 0.142. The van der Waals surface area contributed by atoms with Gasteiger partial charge in [-0.25, -0.2) is 9.37 Å². The van der Waals surface area contributed by atoms with E-state index >= 15 is 0 Å². The molecule has 0 spiro atoms. The molecule has 3 nitrogen and oxygen atoms in total. The van der Waals surface area contributed by atoms with Gasteiger partial charge >= 0.3 is 0 Å². The summed E-state index contributed by atoms with van der Waals surface area (Å²) in [5.74, 6) is 0.999. The molecule has 0 aliphatic carbocycles. The number of halogens is 1. The highest BCUT2D eigenvalue weighted by atomic mass is 19.1. The summed E-state index contributed by atoms with van der Waals surface area (Å²) in [4.78, 5) is 4.40. The van der Waals surface area contributed by atoms with Crippen molar-refractivity contribution in [3.8, 4) is 0 Å². The molecule has 0 saturated carbocycles. The van der Waals surface area contributed by atoms with Gasteiger partial charge in [0.15, 0.2) is 5.82 Å². The zero-order valence-corrected chi connectivity index (χ0v) is 11.2. The largest absolute Gasteiger partial charge is 0.327 e. The Hall–Kier alpha value is -1.42. The topological polar surface area (TPSA) is 43.8 Å². The Bertz CT molecular complexity index is 545. The number of para-hydroxylation sites is 1. The van der Waals surface area contributed by atoms with Crippen LogP contribution < -0.4 is 5.73 Å². The fourth-order valence-electron chi connectivity index (χ4n) is 2.36. The van der Waals surface area contributed by atoms with E-state index in [1.807, 2.05) is 17.6 Å².